The van der Waals surface area contributed by atoms with E-state index < -0.39 is 23.4 Å². The number of methoxy groups -OCH3 is 1. The van der Waals surface area contributed by atoms with Gasteiger partial charge in [0.15, 0.2) is 5.79 Å². The minimum absolute atomic E-state index is 0.154. The number of benzene rings is 1. The molecule has 0 radical (unpaired) electrons. The van der Waals surface area contributed by atoms with Crippen molar-refractivity contribution >= 4 is 16.9 Å². The van der Waals surface area contributed by atoms with E-state index in [0.717, 1.165) is 17.0 Å². The quantitative estimate of drug-likeness (QED) is 0.514. The van der Waals surface area contributed by atoms with Crippen LogP contribution in [0.2, 0.25) is 0 Å². The number of halogens is 2. The van der Waals surface area contributed by atoms with Gasteiger partial charge in [0.25, 0.3) is 0 Å². The van der Waals surface area contributed by atoms with Gasteiger partial charge in [-0.3, -0.25) is 0 Å². The van der Waals surface area contributed by atoms with Crippen LogP contribution in [0.1, 0.15) is 35.5 Å². The average molecular weight is 446 g/mol. The number of hydrogen-bond donors (Lipinski definition) is 0. The molecule has 0 aliphatic carbocycles. The Labute approximate surface area is 183 Å². The molecule has 0 N–H and O–H groups in total. The van der Waals surface area contributed by atoms with Crippen molar-refractivity contribution in [3.63, 3.8) is 0 Å². The molecule has 32 heavy (non-hydrogen) atoms. The predicted molar refractivity (Wildman–Crippen MR) is 111 cm³/mol. The second kappa shape index (κ2) is 8.93. The zero-order chi connectivity index (χ0) is 22.9. The topological polar surface area (TPSA) is 71.8 Å². The van der Waals surface area contributed by atoms with E-state index >= 15 is 0 Å². The summed E-state index contributed by atoms with van der Waals surface area (Å²) in [6.45, 7) is 4.86. The van der Waals surface area contributed by atoms with Gasteiger partial charge in [-0.05, 0) is 26.0 Å². The van der Waals surface area contributed by atoms with E-state index in [1.807, 2.05) is 20.0 Å². The molecule has 1 saturated heterocycles. The van der Waals surface area contributed by atoms with Crippen LogP contribution < -0.4 is 0 Å². The Morgan fingerprint density at radius 2 is 2.09 bits per heavy atom. The van der Waals surface area contributed by atoms with Gasteiger partial charge < -0.3 is 23.5 Å². The molecule has 0 unspecified atom stereocenters. The summed E-state index contributed by atoms with van der Waals surface area (Å²) < 4.78 is 51.2. The Kier molecular flexibility index (Phi) is 6.23. The Balaban J connectivity index is 1.60. The van der Waals surface area contributed by atoms with E-state index in [1.165, 1.54) is 25.4 Å². The standard InChI is InChI=1S/C23H24F2N2O5/c1-23(2)31-13-17(32-23)12-30-11-15-10-27(9-14-4-5-16(24)6-19(14)25)21-8-26-20(7-18(15)21)22(28)29-3/h4-8,10,17H,9,11-13H2,1-3H3/t17-/m1/s1. The van der Waals surface area contributed by atoms with Crippen molar-refractivity contribution in [3.8, 4) is 0 Å². The molecule has 0 spiro atoms. The first-order chi connectivity index (χ1) is 15.3. The van der Waals surface area contributed by atoms with Crippen LogP contribution in [0, 0.1) is 11.6 Å². The highest BCUT2D eigenvalue weighted by atomic mass is 19.1. The monoisotopic (exact) mass is 446 g/mol. The van der Waals surface area contributed by atoms with Crippen molar-refractivity contribution in [2.75, 3.05) is 20.3 Å². The molecular weight excluding hydrogens is 422 g/mol. The minimum atomic E-state index is -0.636. The fourth-order valence-corrected chi connectivity index (χ4v) is 3.70. The molecular formula is C23H24F2N2O5. The van der Waals surface area contributed by atoms with Gasteiger partial charge in [0.1, 0.15) is 23.4 Å². The van der Waals surface area contributed by atoms with Crippen molar-refractivity contribution in [3.05, 3.63) is 65.1 Å². The summed E-state index contributed by atoms with van der Waals surface area (Å²) in [5.41, 5.74) is 1.95. The molecule has 0 saturated carbocycles. The Hall–Kier alpha value is -2.88. The molecule has 1 aromatic carbocycles. The number of ether oxygens (including phenoxy) is 4. The number of esters is 1. The molecule has 3 aromatic rings. The number of pyridine rings is 1. The van der Waals surface area contributed by atoms with Gasteiger partial charge in [0, 0.05) is 28.8 Å². The number of rotatable bonds is 7. The second-order valence-electron chi connectivity index (χ2n) is 8.06. The molecule has 4 rings (SSSR count). The smallest absolute Gasteiger partial charge is 0.356 e. The van der Waals surface area contributed by atoms with E-state index in [4.69, 9.17) is 18.9 Å². The highest BCUT2D eigenvalue weighted by Gasteiger charge is 2.32. The van der Waals surface area contributed by atoms with Crippen molar-refractivity contribution in [1.29, 1.82) is 0 Å². The van der Waals surface area contributed by atoms with Gasteiger partial charge in [-0.25, -0.2) is 18.6 Å². The zero-order valence-electron chi connectivity index (χ0n) is 18.1. The minimum Gasteiger partial charge on any atom is -0.464 e. The molecule has 3 heterocycles. The normalized spacial score (nSPS) is 17.7. The van der Waals surface area contributed by atoms with Crippen molar-refractivity contribution < 1.29 is 32.5 Å². The molecule has 0 bridgehead atoms. The third-order valence-corrected chi connectivity index (χ3v) is 5.23. The molecule has 7 nitrogen and oxygen atoms in total. The summed E-state index contributed by atoms with van der Waals surface area (Å²) in [5.74, 6) is -2.47. The summed E-state index contributed by atoms with van der Waals surface area (Å²) >= 11 is 0. The van der Waals surface area contributed by atoms with Crippen molar-refractivity contribution in [2.24, 2.45) is 0 Å². The maximum Gasteiger partial charge on any atom is 0.356 e. The number of fused-ring (bicyclic) bond motifs is 1. The molecule has 1 atom stereocenters. The SMILES string of the molecule is COC(=O)c1cc2c(COC[C@@H]3COC(C)(C)O3)cn(Cc3ccc(F)cc3F)c2cn1. The first-order valence-electron chi connectivity index (χ1n) is 10.2. The fourth-order valence-electron chi connectivity index (χ4n) is 3.70. The zero-order valence-corrected chi connectivity index (χ0v) is 18.1. The highest BCUT2D eigenvalue weighted by molar-refractivity contribution is 5.93. The van der Waals surface area contributed by atoms with Crippen molar-refractivity contribution in [2.45, 2.75) is 38.9 Å². The summed E-state index contributed by atoms with van der Waals surface area (Å²) in [7, 11) is 1.28. The van der Waals surface area contributed by atoms with Crippen molar-refractivity contribution in [1.82, 2.24) is 9.55 Å². The largest absolute Gasteiger partial charge is 0.464 e. The molecule has 1 aliphatic rings. The first-order valence-corrected chi connectivity index (χ1v) is 10.2. The van der Waals surface area contributed by atoms with Gasteiger partial charge in [-0.2, -0.15) is 0 Å². The summed E-state index contributed by atoms with van der Waals surface area (Å²) in [6, 6.07) is 5.09. The number of carbonyl (C=O) groups excluding carboxylic acids is 1. The van der Waals surface area contributed by atoms with E-state index in [2.05, 4.69) is 4.98 Å². The fraction of sp³-hybridized carbons (Fsp3) is 0.391. The van der Waals surface area contributed by atoms with Gasteiger partial charge in [0.2, 0.25) is 0 Å². The maximum absolute atomic E-state index is 14.2. The van der Waals surface area contributed by atoms with Crippen LogP contribution in [0.4, 0.5) is 8.78 Å². The molecule has 1 fully saturated rings. The van der Waals surface area contributed by atoms with Crippen LogP contribution in [0.25, 0.3) is 10.9 Å². The molecule has 170 valence electrons. The lowest BCUT2D eigenvalue weighted by atomic mass is 10.2. The van der Waals surface area contributed by atoms with Gasteiger partial charge in [0.05, 0.1) is 45.2 Å². The van der Waals surface area contributed by atoms with Gasteiger partial charge in [-0.15, -0.1) is 0 Å². The van der Waals surface area contributed by atoms with Crippen LogP contribution in [-0.4, -0.2) is 47.7 Å². The summed E-state index contributed by atoms with van der Waals surface area (Å²) in [4.78, 5) is 16.1. The van der Waals surface area contributed by atoms with Crippen LogP contribution in [0.5, 0.6) is 0 Å². The Morgan fingerprint density at radius 1 is 1.28 bits per heavy atom. The number of nitrogens with zero attached hydrogens (tertiary/aromatic N) is 2. The van der Waals surface area contributed by atoms with Crippen LogP contribution >= 0.6 is 0 Å². The van der Waals surface area contributed by atoms with E-state index in [1.54, 1.807) is 10.6 Å². The molecule has 9 heteroatoms. The summed E-state index contributed by atoms with van der Waals surface area (Å²) in [6.07, 6.45) is 3.16. The number of hydrogen-bond acceptors (Lipinski definition) is 6. The highest BCUT2D eigenvalue weighted by Crippen LogP contribution is 2.26. The second-order valence-corrected chi connectivity index (χ2v) is 8.06. The van der Waals surface area contributed by atoms with Crippen LogP contribution in [0.15, 0.2) is 36.7 Å². The van der Waals surface area contributed by atoms with Crippen LogP contribution in [0.3, 0.4) is 0 Å². The molecule has 0 amide bonds. The van der Waals surface area contributed by atoms with E-state index in [-0.39, 0.29) is 24.9 Å². The lowest BCUT2D eigenvalue weighted by Crippen LogP contribution is -2.24. The van der Waals surface area contributed by atoms with E-state index in [9.17, 15) is 13.6 Å². The maximum atomic E-state index is 14.2. The number of aromatic nitrogens is 2. The third kappa shape index (κ3) is 4.79. The Bertz CT molecular complexity index is 1140. The predicted octanol–water partition coefficient (Wildman–Crippen LogP) is 3.82. The third-order valence-electron chi connectivity index (χ3n) is 5.23. The van der Waals surface area contributed by atoms with Gasteiger partial charge >= 0.3 is 5.97 Å². The summed E-state index contributed by atoms with van der Waals surface area (Å²) in [5, 5.41) is 0.729. The van der Waals surface area contributed by atoms with E-state index in [0.29, 0.717) is 24.3 Å². The van der Waals surface area contributed by atoms with Crippen LogP contribution in [-0.2, 0) is 32.1 Å². The van der Waals surface area contributed by atoms with Gasteiger partial charge in [-0.1, -0.05) is 6.07 Å². The molecule has 2 aromatic heterocycles. The lowest BCUT2D eigenvalue weighted by molar-refractivity contribution is -0.145. The lowest BCUT2D eigenvalue weighted by Gasteiger charge is -2.17. The number of carbonyl (C=O) groups is 1. The first kappa shape index (κ1) is 22.3. The molecule has 1 aliphatic heterocycles. The average Bonchev–Trinajstić information content (AvgIpc) is 3.28. The Morgan fingerprint density at radius 3 is 2.78 bits per heavy atom.